The zero-order valence-corrected chi connectivity index (χ0v) is 18.6. The molecular weight excluding hydrogens is 441 g/mol. The largest absolute Gasteiger partial charge is 0.378 e. The molecule has 0 radical (unpaired) electrons. The third-order valence-electron chi connectivity index (χ3n) is 3.79. The molecule has 7 heteroatoms. The Morgan fingerprint density at radius 3 is 2.62 bits per heavy atom. The molecule has 0 saturated heterocycles. The first-order valence-corrected chi connectivity index (χ1v) is 8.73. The van der Waals surface area contributed by atoms with Gasteiger partial charge in [-0.1, -0.05) is 31.1 Å². The van der Waals surface area contributed by atoms with Gasteiger partial charge in [-0.2, -0.15) is 0 Å². The summed E-state index contributed by atoms with van der Waals surface area (Å²) in [4.78, 5) is 6.75. The first kappa shape index (κ1) is 22.3. The van der Waals surface area contributed by atoms with Crippen LogP contribution in [-0.4, -0.2) is 31.8 Å². The number of nitrogens with zero attached hydrogens (tertiary/aromatic N) is 3. The van der Waals surface area contributed by atoms with Gasteiger partial charge in [0.15, 0.2) is 11.7 Å². The highest BCUT2D eigenvalue weighted by Crippen LogP contribution is 2.15. The van der Waals surface area contributed by atoms with Gasteiger partial charge >= 0.3 is 0 Å². The van der Waals surface area contributed by atoms with Crippen LogP contribution in [0.5, 0.6) is 0 Å². The Kier molecular flexibility index (Phi) is 9.47. The smallest absolute Gasteiger partial charge is 0.191 e. The maximum absolute atomic E-state index is 5.36. The molecule has 6 nitrogen and oxygen atoms in total. The number of aliphatic imine (C=N–C) groups is 1. The number of benzene rings is 1. The first-order valence-electron chi connectivity index (χ1n) is 8.73. The first-order chi connectivity index (χ1) is 12.0. The molecular formula is C19H30IN5O. The molecule has 144 valence electrons. The number of nitrogens with one attached hydrogen (secondary N) is 2. The van der Waals surface area contributed by atoms with Crippen LogP contribution < -0.4 is 15.5 Å². The van der Waals surface area contributed by atoms with E-state index in [0.29, 0.717) is 19.0 Å². The van der Waals surface area contributed by atoms with Crippen LogP contribution in [0.3, 0.4) is 0 Å². The third kappa shape index (κ3) is 6.86. The van der Waals surface area contributed by atoms with Crippen LogP contribution in [0.15, 0.2) is 39.8 Å². The molecule has 0 atom stereocenters. The fraction of sp³-hybridized carbons (Fsp3) is 0.474. The molecule has 1 aromatic heterocycles. The molecule has 0 aliphatic carbocycles. The van der Waals surface area contributed by atoms with E-state index in [0.717, 1.165) is 24.0 Å². The molecule has 0 aliphatic heterocycles. The van der Waals surface area contributed by atoms with Crippen LogP contribution in [0.1, 0.15) is 43.7 Å². The summed E-state index contributed by atoms with van der Waals surface area (Å²) in [6, 6.07) is 10.4. The lowest BCUT2D eigenvalue weighted by molar-refractivity contribution is 0.372. The van der Waals surface area contributed by atoms with Gasteiger partial charge in [-0.25, -0.2) is 4.99 Å². The molecule has 0 spiro atoms. The number of anilines is 1. The highest BCUT2D eigenvalue weighted by atomic mass is 127. The predicted molar refractivity (Wildman–Crippen MR) is 118 cm³/mol. The van der Waals surface area contributed by atoms with Crippen molar-refractivity contribution in [3.8, 4) is 0 Å². The van der Waals surface area contributed by atoms with Gasteiger partial charge in [-0.05, 0) is 30.5 Å². The zero-order chi connectivity index (χ0) is 18.2. The quantitative estimate of drug-likeness (QED) is 0.366. The fourth-order valence-electron chi connectivity index (χ4n) is 2.30. The number of guanidine groups is 1. The SMILES string of the molecule is CCNC(=NCc1cccc(N(C)C)c1)NCc1cc(C(C)C)no1.I. The van der Waals surface area contributed by atoms with Crippen molar-refractivity contribution in [1.82, 2.24) is 15.8 Å². The van der Waals surface area contributed by atoms with Crippen molar-refractivity contribution in [1.29, 1.82) is 0 Å². The molecule has 0 bridgehead atoms. The summed E-state index contributed by atoms with van der Waals surface area (Å²) >= 11 is 0. The van der Waals surface area contributed by atoms with E-state index in [-0.39, 0.29) is 24.0 Å². The van der Waals surface area contributed by atoms with Crippen molar-refractivity contribution in [3.05, 3.63) is 47.3 Å². The van der Waals surface area contributed by atoms with Gasteiger partial charge < -0.3 is 20.1 Å². The Hall–Kier alpha value is -1.77. The monoisotopic (exact) mass is 471 g/mol. The van der Waals surface area contributed by atoms with Crippen LogP contribution in [0.4, 0.5) is 5.69 Å². The van der Waals surface area contributed by atoms with Gasteiger partial charge in [0.1, 0.15) is 0 Å². The van der Waals surface area contributed by atoms with Crippen LogP contribution >= 0.6 is 24.0 Å². The second-order valence-corrected chi connectivity index (χ2v) is 6.49. The molecule has 2 rings (SSSR count). The Labute approximate surface area is 173 Å². The van der Waals surface area contributed by atoms with Crippen LogP contribution in [0, 0.1) is 0 Å². The van der Waals surface area contributed by atoms with Gasteiger partial charge in [0, 0.05) is 32.4 Å². The van der Waals surface area contributed by atoms with Crippen LogP contribution in [0.25, 0.3) is 0 Å². The van der Waals surface area contributed by atoms with E-state index >= 15 is 0 Å². The maximum atomic E-state index is 5.36. The van der Waals surface area contributed by atoms with Crippen LogP contribution in [-0.2, 0) is 13.1 Å². The van der Waals surface area contributed by atoms with Gasteiger partial charge in [0.25, 0.3) is 0 Å². The molecule has 0 fully saturated rings. The Morgan fingerprint density at radius 2 is 2.00 bits per heavy atom. The molecule has 26 heavy (non-hydrogen) atoms. The average molecular weight is 471 g/mol. The predicted octanol–water partition coefficient (Wildman–Crippen LogP) is 3.74. The number of hydrogen-bond acceptors (Lipinski definition) is 4. The summed E-state index contributed by atoms with van der Waals surface area (Å²) in [5.41, 5.74) is 3.32. The van der Waals surface area contributed by atoms with Crippen molar-refractivity contribution < 1.29 is 4.52 Å². The van der Waals surface area contributed by atoms with E-state index in [1.165, 1.54) is 11.3 Å². The molecule has 0 unspecified atom stereocenters. The van der Waals surface area contributed by atoms with Crippen molar-refractivity contribution in [2.45, 2.75) is 39.8 Å². The van der Waals surface area contributed by atoms with E-state index in [2.05, 4.69) is 70.7 Å². The summed E-state index contributed by atoms with van der Waals surface area (Å²) in [5, 5.41) is 10.6. The van der Waals surface area contributed by atoms with E-state index in [1.807, 2.05) is 20.2 Å². The lowest BCUT2D eigenvalue weighted by Gasteiger charge is -2.13. The van der Waals surface area contributed by atoms with E-state index in [4.69, 9.17) is 4.52 Å². The van der Waals surface area contributed by atoms with Crippen LogP contribution in [0.2, 0.25) is 0 Å². The van der Waals surface area contributed by atoms with Crippen molar-refractivity contribution in [2.75, 3.05) is 25.5 Å². The summed E-state index contributed by atoms with van der Waals surface area (Å²) in [7, 11) is 4.08. The average Bonchev–Trinajstić information content (AvgIpc) is 3.07. The summed E-state index contributed by atoms with van der Waals surface area (Å²) < 4.78 is 5.36. The summed E-state index contributed by atoms with van der Waals surface area (Å²) in [6.45, 7) is 8.23. The number of rotatable bonds is 7. The second-order valence-electron chi connectivity index (χ2n) is 6.49. The minimum Gasteiger partial charge on any atom is -0.378 e. The van der Waals surface area contributed by atoms with Gasteiger partial charge in [0.05, 0.1) is 18.8 Å². The standard InChI is InChI=1S/C19H29N5O.HI/c1-6-20-19(22-13-17-11-18(14(2)3)23-25-17)21-12-15-8-7-9-16(10-15)24(4)5;/h7-11,14H,6,12-13H2,1-5H3,(H2,20,21,22);1H. The summed E-state index contributed by atoms with van der Waals surface area (Å²) in [6.07, 6.45) is 0. The van der Waals surface area contributed by atoms with Crippen molar-refractivity contribution in [2.24, 2.45) is 4.99 Å². The fourth-order valence-corrected chi connectivity index (χ4v) is 2.30. The molecule has 0 saturated carbocycles. The number of hydrogen-bond donors (Lipinski definition) is 2. The van der Waals surface area contributed by atoms with Crippen molar-refractivity contribution in [3.63, 3.8) is 0 Å². The highest BCUT2D eigenvalue weighted by Gasteiger charge is 2.08. The van der Waals surface area contributed by atoms with Gasteiger partial charge in [0.2, 0.25) is 0 Å². The highest BCUT2D eigenvalue weighted by molar-refractivity contribution is 14.0. The molecule has 2 aromatic rings. The minimum atomic E-state index is 0. The minimum absolute atomic E-state index is 0. The Morgan fingerprint density at radius 1 is 1.23 bits per heavy atom. The lowest BCUT2D eigenvalue weighted by Crippen LogP contribution is -2.36. The Bertz CT molecular complexity index is 697. The molecule has 1 aromatic carbocycles. The lowest BCUT2D eigenvalue weighted by atomic mass is 10.1. The normalized spacial score (nSPS) is 11.2. The van der Waals surface area contributed by atoms with E-state index < -0.39 is 0 Å². The molecule has 0 aliphatic rings. The zero-order valence-electron chi connectivity index (χ0n) is 16.2. The molecule has 0 amide bonds. The molecule has 2 N–H and O–H groups in total. The maximum Gasteiger partial charge on any atom is 0.191 e. The second kappa shape index (κ2) is 11.1. The summed E-state index contributed by atoms with van der Waals surface area (Å²) in [5.74, 6) is 1.94. The third-order valence-corrected chi connectivity index (χ3v) is 3.79. The van der Waals surface area contributed by atoms with E-state index in [1.54, 1.807) is 0 Å². The number of halogens is 1. The van der Waals surface area contributed by atoms with Crippen molar-refractivity contribution >= 4 is 35.6 Å². The van der Waals surface area contributed by atoms with Gasteiger partial charge in [-0.15, -0.1) is 24.0 Å². The van der Waals surface area contributed by atoms with Gasteiger partial charge in [-0.3, -0.25) is 0 Å². The van der Waals surface area contributed by atoms with E-state index in [9.17, 15) is 0 Å². The molecule has 1 heterocycles. The number of aromatic nitrogens is 1. The topological polar surface area (TPSA) is 65.7 Å². The Balaban J connectivity index is 0.00000338.